The Kier molecular flexibility index (Phi) is 2.88. The lowest BCUT2D eigenvalue weighted by Crippen LogP contribution is -2.32. The molecule has 1 fully saturated rings. The summed E-state index contributed by atoms with van der Waals surface area (Å²) in [6.45, 7) is 4.30. The smallest absolute Gasteiger partial charge is 0.237 e. The molecule has 4 heteroatoms. The van der Waals surface area contributed by atoms with Crippen LogP contribution in [0.25, 0.3) is 0 Å². The highest BCUT2D eigenvalue weighted by Crippen LogP contribution is 2.32. The first-order valence-corrected chi connectivity index (χ1v) is 5.64. The first-order valence-electron chi connectivity index (χ1n) is 5.64. The Balaban J connectivity index is 2.28. The topological polar surface area (TPSA) is 55.4 Å². The minimum Gasteiger partial charge on any atom is -0.494 e. The Hall–Kier alpha value is -1.84. The van der Waals surface area contributed by atoms with Crippen molar-refractivity contribution in [2.75, 3.05) is 6.61 Å². The fourth-order valence-electron chi connectivity index (χ4n) is 2.03. The Bertz CT molecular complexity index is 452. The van der Waals surface area contributed by atoms with Gasteiger partial charge in [0.25, 0.3) is 0 Å². The molecule has 1 aromatic carbocycles. The maximum Gasteiger partial charge on any atom is 0.237 e. The third-order valence-electron chi connectivity index (χ3n) is 3.07. The number of ether oxygens (including phenoxy) is 1. The predicted molar refractivity (Wildman–Crippen MR) is 62.7 cm³/mol. The van der Waals surface area contributed by atoms with Crippen molar-refractivity contribution in [3.05, 3.63) is 29.8 Å². The van der Waals surface area contributed by atoms with Gasteiger partial charge < -0.3 is 4.74 Å². The number of rotatable bonds is 3. The summed E-state index contributed by atoms with van der Waals surface area (Å²) in [6, 6.07) is 7.31. The van der Waals surface area contributed by atoms with Gasteiger partial charge in [0.2, 0.25) is 11.8 Å². The SMILES string of the molecule is CCOc1ccc([C@]2(C)CC(=O)NC2=O)cc1. The van der Waals surface area contributed by atoms with Gasteiger partial charge in [0.1, 0.15) is 5.75 Å². The molecule has 1 aliphatic heterocycles. The monoisotopic (exact) mass is 233 g/mol. The van der Waals surface area contributed by atoms with E-state index in [0.29, 0.717) is 6.61 Å². The highest BCUT2D eigenvalue weighted by molar-refractivity contribution is 6.08. The van der Waals surface area contributed by atoms with Crippen molar-refractivity contribution in [2.45, 2.75) is 25.7 Å². The lowest BCUT2D eigenvalue weighted by molar-refractivity contribution is -0.126. The fourth-order valence-corrected chi connectivity index (χ4v) is 2.03. The zero-order valence-corrected chi connectivity index (χ0v) is 9.95. The average molecular weight is 233 g/mol. The number of carbonyl (C=O) groups is 2. The molecule has 17 heavy (non-hydrogen) atoms. The van der Waals surface area contributed by atoms with E-state index in [1.165, 1.54) is 0 Å². The molecular weight excluding hydrogens is 218 g/mol. The number of nitrogens with one attached hydrogen (secondary N) is 1. The van der Waals surface area contributed by atoms with E-state index in [2.05, 4.69) is 5.32 Å². The van der Waals surface area contributed by atoms with Crippen LogP contribution in [-0.4, -0.2) is 18.4 Å². The van der Waals surface area contributed by atoms with E-state index in [4.69, 9.17) is 4.74 Å². The molecule has 0 bridgehead atoms. The van der Waals surface area contributed by atoms with Crippen LogP contribution in [0.4, 0.5) is 0 Å². The van der Waals surface area contributed by atoms with Crippen LogP contribution in [0.2, 0.25) is 0 Å². The van der Waals surface area contributed by atoms with Gasteiger partial charge in [-0.15, -0.1) is 0 Å². The van der Waals surface area contributed by atoms with E-state index in [-0.39, 0.29) is 18.2 Å². The molecule has 90 valence electrons. The minimum absolute atomic E-state index is 0.208. The van der Waals surface area contributed by atoms with Gasteiger partial charge in [0.15, 0.2) is 0 Å². The molecule has 1 aromatic rings. The van der Waals surface area contributed by atoms with E-state index in [1.807, 2.05) is 31.2 Å². The summed E-state index contributed by atoms with van der Waals surface area (Å²) in [7, 11) is 0. The molecule has 1 saturated heterocycles. The van der Waals surface area contributed by atoms with Crippen molar-refractivity contribution in [1.82, 2.24) is 5.32 Å². The van der Waals surface area contributed by atoms with Crippen molar-refractivity contribution in [3.8, 4) is 5.75 Å². The van der Waals surface area contributed by atoms with Gasteiger partial charge in [-0.25, -0.2) is 0 Å². The molecule has 2 rings (SSSR count). The van der Waals surface area contributed by atoms with Crippen LogP contribution in [0.1, 0.15) is 25.8 Å². The predicted octanol–water partition coefficient (Wildman–Crippen LogP) is 1.39. The largest absolute Gasteiger partial charge is 0.494 e. The molecular formula is C13H15NO3. The molecule has 1 N–H and O–H groups in total. The summed E-state index contributed by atoms with van der Waals surface area (Å²) in [5.74, 6) is 0.322. The zero-order valence-electron chi connectivity index (χ0n) is 9.95. The van der Waals surface area contributed by atoms with Crippen LogP contribution in [0, 0.1) is 0 Å². The number of hydrogen-bond acceptors (Lipinski definition) is 3. The molecule has 0 radical (unpaired) electrons. The molecule has 0 unspecified atom stereocenters. The third kappa shape index (κ3) is 2.02. The number of benzene rings is 1. The third-order valence-corrected chi connectivity index (χ3v) is 3.07. The first kappa shape index (κ1) is 11.6. The summed E-state index contributed by atoms with van der Waals surface area (Å²) in [5, 5.41) is 2.34. The molecule has 0 aromatic heterocycles. The van der Waals surface area contributed by atoms with Crippen LogP contribution in [0.3, 0.4) is 0 Å². The van der Waals surface area contributed by atoms with E-state index in [0.717, 1.165) is 11.3 Å². The van der Waals surface area contributed by atoms with Gasteiger partial charge in [0, 0.05) is 6.42 Å². The Morgan fingerprint density at radius 2 is 1.94 bits per heavy atom. The molecule has 1 aliphatic rings. The first-order chi connectivity index (χ1) is 8.06. The van der Waals surface area contributed by atoms with Crippen LogP contribution < -0.4 is 10.1 Å². The maximum atomic E-state index is 11.8. The van der Waals surface area contributed by atoms with Crippen molar-refractivity contribution in [3.63, 3.8) is 0 Å². The lowest BCUT2D eigenvalue weighted by Gasteiger charge is -2.20. The van der Waals surface area contributed by atoms with Gasteiger partial charge in [-0.1, -0.05) is 12.1 Å². The van der Waals surface area contributed by atoms with Gasteiger partial charge in [-0.3, -0.25) is 14.9 Å². The van der Waals surface area contributed by atoms with E-state index >= 15 is 0 Å². The van der Waals surface area contributed by atoms with Crippen LogP contribution >= 0.6 is 0 Å². The molecule has 2 amide bonds. The standard InChI is InChI=1S/C13H15NO3/c1-3-17-10-6-4-9(5-7-10)13(2)8-11(15)14-12(13)16/h4-7H,3,8H2,1-2H3,(H,14,15,16)/t13-/m0/s1. The van der Waals surface area contributed by atoms with Gasteiger partial charge in [-0.2, -0.15) is 0 Å². The van der Waals surface area contributed by atoms with Gasteiger partial charge in [0.05, 0.1) is 12.0 Å². The summed E-state index contributed by atoms with van der Waals surface area (Å²) in [6.07, 6.45) is 0.208. The van der Waals surface area contributed by atoms with E-state index in [1.54, 1.807) is 6.92 Å². The van der Waals surface area contributed by atoms with Crippen LogP contribution in [-0.2, 0) is 15.0 Å². The summed E-state index contributed by atoms with van der Waals surface area (Å²) >= 11 is 0. The number of carbonyl (C=O) groups excluding carboxylic acids is 2. The lowest BCUT2D eigenvalue weighted by atomic mass is 9.81. The summed E-state index contributed by atoms with van der Waals surface area (Å²) in [4.78, 5) is 23.0. The quantitative estimate of drug-likeness (QED) is 0.803. The Morgan fingerprint density at radius 1 is 1.29 bits per heavy atom. The van der Waals surface area contributed by atoms with Crippen LogP contribution in [0.5, 0.6) is 5.75 Å². The van der Waals surface area contributed by atoms with E-state index < -0.39 is 5.41 Å². The number of imide groups is 1. The highest BCUT2D eigenvalue weighted by Gasteiger charge is 2.43. The second kappa shape index (κ2) is 4.20. The average Bonchev–Trinajstić information content (AvgIpc) is 2.55. The van der Waals surface area contributed by atoms with Crippen molar-refractivity contribution in [1.29, 1.82) is 0 Å². The highest BCUT2D eigenvalue weighted by atomic mass is 16.5. The maximum absolute atomic E-state index is 11.8. The van der Waals surface area contributed by atoms with Crippen LogP contribution in [0.15, 0.2) is 24.3 Å². The summed E-state index contributed by atoms with van der Waals surface area (Å²) in [5.41, 5.74) is 0.0891. The molecule has 1 atom stereocenters. The second-order valence-electron chi connectivity index (χ2n) is 4.34. The molecule has 4 nitrogen and oxygen atoms in total. The van der Waals surface area contributed by atoms with Crippen molar-refractivity contribution >= 4 is 11.8 Å². The van der Waals surface area contributed by atoms with Crippen molar-refractivity contribution in [2.24, 2.45) is 0 Å². The molecule has 0 aliphatic carbocycles. The van der Waals surface area contributed by atoms with Crippen molar-refractivity contribution < 1.29 is 14.3 Å². The Labute approximate surface area is 100.0 Å². The molecule has 1 heterocycles. The summed E-state index contributed by atoms with van der Waals surface area (Å²) < 4.78 is 5.34. The fraction of sp³-hybridized carbons (Fsp3) is 0.385. The number of amides is 2. The van der Waals surface area contributed by atoms with Gasteiger partial charge >= 0.3 is 0 Å². The normalized spacial score (nSPS) is 23.6. The van der Waals surface area contributed by atoms with E-state index in [9.17, 15) is 9.59 Å². The van der Waals surface area contributed by atoms with Gasteiger partial charge in [-0.05, 0) is 31.5 Å². The Morgan fingerprint density at radius 3 is 2.41 bits per heavy atom. The zero-order chi connectivity index (χ0) is 12.5. The molecule has 0 saturated carbocycles. The second-order valence-corrected chi connectivity index (χ2v) is 4.34. The minimum atomic E-state index is -0.748. The molecule has 0 spiro atoms. The number of hydrogen-bond donors (Lipinski definition) is 1.